The van der Waals surface area contributed by atoms with Gasteiger partial charge >= 0.3 is 0 Å². The van der Waals surface area contributed by atoms with E-state index < -0.39 is 31.0 Å². The van der Waals surface area contributed by atoms with Crippen molar-refractivity contribution < 1.29 is 30.3 Å². The molecule has 0 fully saturated rings. The highest BCUT2D eigenvalue weighted by Gasteiger charge is 2.29. The molecule has 6 nitrogen and oxygen atoms in total. The Morgan fingerprint density at radius 1 is 1.08 bits per heavy atom. The van der Waals surface area contributed by atoms with Gasteiger partial charge in [0.25, 0.3) is 0 Å². The lowest BCUT2D eigenvalue weighted by Gasteiger charge is -2.22. The van der Waals surface area contributed by atoms with Gasteiger partial charge in [-0.05, 0) is 0 Å². The van der Waals surface area contributed by atoms with Gasteiger partial charge in [0.1, 0.15) is 24.4 Å². The Morgan fingerprint density at radius 3 is 1.92 bits per heavy atom. The van der Waals surface area contributed by atoms with Gasteiger partial charge in [0.05, 0.1) is 6.61 Å². The third kappa shape index (κ3) is 2.84. The zero-order valence-electron chi connectivity index (χ0n) is 6.24. The Morgan fingerprint density at radius 2 is 1.58 bits per heavy atom. The lowest BCUT2D eigenvalue weighted by Crippen LogP contribution is -2.46. The molecule has 0 aliphatic heterocycles. The molecule has 4 atom stereocenters. The van der Waals surface area contributed by atoms with Crippen LogP contribution in [0.5, 0.6) is 0 Å². The highest BCUT2D eigenvalue weighted by molar-refractivity contribution is 5.56. The summed E-state index contributed by atoms with van der Waals surface area (Å²) >= 11 is 0. The molecule has 0 spiro atoms. The zero-order valence-corrected chi connectivity index (χ0v) is 6.24. The van der Waals surface area contributed by atoms with Crippen LogP contribution in [0.3, 0.4) is 0 Å². The largest absolute Gasteiger partial charge is 0.394 e. The molecule has 0 aliphatic carbocycles. The maximum absolute atomic E-state index is 9.90. The fourth-order valence-corrected chi connectivity index (χ4v) is 0.618. The first-order valence-electron chi connectivity index (χ1n) is 3.33. The Labute approximate surface area is 68.7 Å². The van der Waals surface area contributed by atoms with Gasteiger partial charge in [0.15, 0.2) is 6.29 Å². The van der Waals surface area contributed by atoms with Crippen LogP contribution in [0.1, 0.15) is 0 Å². The second-order valence-electron chi connectivity index (χ2n) is 2.36. The van der Waals surface area contributed by atoms with Crippen molar-refractivity contribution in [3.63, 3.8) is 0 Å². The van der Waals surface area contributed by atoms with E-state index in [1.54, 1.807) is 0 Å². The molecule has 0 saturated heterocycles. The number of aliphatic hydroxyl groups excluding tert-OH is 5. The molecule has 0 radical (unpaired) electrons. The molecule has 0 heterocycles. The summed E-state index contributed by atoms with van der Waals surface area (Å²) in [7, 11) is 0. The SMILES string of the molecule is [18O]=C[C@@H]([18OH])[C@@H]([18OH])[C@@H]([18OH])[C@H]([18OH])C[18OH]. The van der Waals surface area contributed by atoms with Crippen molar-refractivity contribution in [3.05, 3.63) is 0 Å². The molecule has 0 aliphatic rings. The first kappa shape index (κ1) is 11.5. The Hall–Kier alpha value is -0.530. The summed E-state index contributed by atoms with van der Waals surface area (Å²) in [5.41, 5.74) is 0. The minimum atomic E-state index is -1.79. The Bertz CT molecular complexity index is 138. The second-order valence-corrected chi connectivity index (χ2v) is 2.36. The lowest BCUT2D eigenvalue weighted by atomic mass is 10.1. The van der Waals surface area contributed by atoms with Gasteiger partial charge in [-0.15, -0.1) is 0 Å². The lowest BCUT2D eigenvalue weighted by molar-refractivity contribution is -0.136. The van der Waals surface area contributed by atoms with Crippen molar-refractivity contribution in [1.82, 2.24) is 0 Å². The number of hydrogen-bond acceptors (Lipinski definition) is 6. The summed E-state index contributed by atoms with van der Waals surface area (Å²) in [4.78, 5) is 9.90. The molecule has 0 saturated carbocycles. The van der Waals surface area contributed by atoms with Crippen molar-refractivity contribution in [1.29, 1.82) is 0 Å². The maximum atomic E-state index is 9.90. The van der Waals surface area contributed by atoms with E-state index in [4.69, 9.17) is 25.5 Å². The molecule has 12 heavy (non-hydrogen) atoms. The second kappa shape index (κ2) is 5.18. The number of hydrogen-bond donors (Lipinski definition) is 5. The monoisotopic (exact) mass is 192 g/mol. The van der Waals surface area contributed by atoms with Crippen LogP contribution in [0.2, 0.25) is 0 Å². The van der Waals surface area contributed by atoms with E-state index in [9.17, 15) is 4.79 Å². The number of aldehydes is 1. The summed E-state index contributed by atoms with van der Waals surface area (Å²) in [5.74, 6) is 0. The van der Waals surface area contributed by atoms with E-state index in [1.807, 2.05) is 0 Å². The predicted octanol–water partition coefficient (Wildman–Crippen LogP) is -3.38. The molecule has 0 bridgehead atoms. The van der Waals surface area contributed by atoms with Crippen molar-refractivity contribution >= 4 is 6.29 Å². The maximum Gasteiger partial charge on any atom is 0.151 e. The first-order valence-corrected chi connectivity index (χ1v) is 3.33. The van der Waals surface area contributed by atoms with Gasteiger partial charge in [0.2, 0.25) is 0 Å². The molecule has 6 heteroatoms. The molecule has 0 aromatic carbocycles. The van der Waals surface area contributed by atoms with Gasteiger partial charge in [-0.3, -0.25) is 0 Å². The zero-order chi connectivity index (χ0) is 9.72. The summed E-state index contributed by atoms with van der Waals surface area (Å²) in [5, 5.41) is 43.5. The van der Waals surface area contributed by atoms with Crippen LogP contribution in [-0.2, 0) is 4.79 Å². The van der Waals surface area contributed by atoms with E-state index in [0.29, 0.717) is 0 Å². The van der Waals surface area contributed by atoms with Crippen molar-refractivity contribution in [3.8, 4) is 0 Å². The Kier molecular flexibility index (Phi) is 4.95. The van der Waals surface area contributed by atoms with Crippen LogP contribution in [0.25, 0.3) is 0 Å². The summed E-state index contributed by atoms with van der Waals surface area (Å²) in [6.07, 6.45) is -6.84. The molecule has 0 unspecified atom stereocenters. The summed E-state index contributed by atoms with van der Waals surface area (Å²) in [6, 6.07) is 0. The van der Waals surface area contributed by atoms with E-state index >= 15 is 0 Å². The molecule has 0 aromatic rings. The smallest absolute Gasteiger partial charge is 0.151 e. The van der Waals surface area contributed by atoms with E-state index in [0.717, 1.165) is 0 Å². The van der Waals surface area contributed by atoms with Crippen LogP contribution in [-0.4, -0.2) is 62.8 Å². The molecule has 0 rings (SSSR count). The third-order valence-corrected chi connectivity index (χ3v) is 1.42. The van der Waals surface area contributed by atoms with Gasteiger partial charge in [-0.25, -0.2) is 0 Å². The molecule has 0 aromatic heterocycles. The van der Waals surface area contributed by atoms with Crippen molar-refractivity contribution in [2.24, 2.45) is 0 Å². The topological polar surface area (TPSA) is 118 Å². The quantitative estimate of drug-likeness (QED) is 0.229. The van der Waals surface area contributed by atoms with Crippen LogP contribution in [0.15, 0.2) is 0 Å². The Balaban J connectivity index is 4.07. The minimum absolute atomic E-state index is 0.0258. The van der Waals surface area contributed by atoms with E-state index in [2.05, 4.69) is 0 Å². The standard InChI is InChI=1S/C6H12O6/c7-1-3(9)5(11)6(12)4(10)2-8/h1,3-6,8-12H,2H2/t3-,4-,5-,6+/m1/s1/i7+2,8+2,9+2,10+2,11+2,12+2. The molecule has 5 N–H and O–H groups in total. The number of rotatable bonds is 5. The average Bonchev–Trinajstić information content (AvgIpc) is 2.12. The van der Waals surface area contributed by atoms with Crippen molar-refractivity contribution in [2.75, 3.05) is 6.61 Å². The molecular weight excluding hydrogens is 180 g/mol. The number of carbonyl (C=O) groups is 1. The highest BCUT2D eigenvalue weighted by Crippen LogP contribution is 2.02. The van der Waals surface area contributed by atoms with Crippen LogP contribution in [0, 0.1) is 0 Å². The fraction of sp³-hybridized carbons (Fsp3) is 0.833. The van der Waals surface area contributed by atoms with Crippen LogP contribution < -0.4 is 0 Å². The van der Waals surface area contributed by atoms with Crippen molar-refractivity contribution in [2.45, 2.75) is 24.4 Å². The fourth-order valence-electron chi connectivity index (χ4n) is 0.618. The number of aliphatic hydroxyl groups is 5. The molecule has 72 valence electrons. The van der Waals surface area contributed by atoms with E-state index in [-0.39, 0.29) is 6.29 Å². The molecule has 0 amide bonds. The third-order valence-electron chi connectivity index (χ3n) is 1.42. The van der Waals surface area contributed by atoms with Gasteiger partial charge in [0, 0.05) is 0 Å². The predicted molar refractivity (Wildman–Crippen MR) is 37.2 cm³/mol. The van der Waals surface area contributed by atoms with Crippen LogP contribution in [0.4, 0.5) is 0 Å². The summed E-state index contributed by atoms with van der Waals surface area (Å²) in [6.45, 7) is -0.760. The normalized spacial score (nSPS) is 21.1. The first-order chi connectivity index (χ1) is 5.54. The number of carbonyl (C=O) groups excluding carboxylic acids is 1. The average molecular weight is 192 g/mol. The van der Waals surface area contributed by atoms with E-state index in [1.165, 1.54) is 0 Å². The minimum Gasteiger partial charge on any atom is -0.394 e. The summed E-state index contributed by atoms with van der Waals surface area (Å²) < 4.78 is 0. The van der Waals surface area contributed by atoms with Gasteiger partial charge in [-0.1, -0.05) is 0 Å². The highest BCUT2D eigenvalue weighted by atomic mass is 18.2. The molecular formula is C6H12O6. The van der Waals surface area contributed by atoms with Gasteiger partial charge < -0.3 is 30.3 Å². The van der Waals surface area contributed by atoms with Crippen LogP contribution >= 0.6 is 0 Å². The van der Waals surface area contributed by atoms with Gasteiger partial charge in [-0.2, -0.15) is 0 Å².